The number of aryl methyl sites for hydroxylation is 2. The fraction of sp³-hybridized carbons (Fsp3) is 0.333. The smallest absolute Gasteiger partial charge is 0.242 e. The van der Waals surface area contributed by atoms with Crippen LogP contribution >= 0.6 is 0 Å². The topological polar surface area (TPSA) is 92.8 Å². The van der Waals surface area contributed by atoms with Crippen LogP contribution in [0.15, 0.2) is 52.3 Å². The highest BCUT2D eigenvalue weighted by Gasteiger charge is 2.17. The van der Waals surface area contributed by atoms with Crippen molar-refractivity contribution in [2.75, 3.05) is 27.2 Å². The zero-order valence-corrected chi connectivity index (χ0v) is 17.4. The highest BCUT2D eigenvalue weighted by atomic mass is 32.2. The van der Waals surface area contributed by atoms with E-state index in [1.807, 2.05) is 13.0 Å². The minimum absolute atomic E-state index is 0.0907. The zero-order valence-electron chi connectivity index (χ0n) is 15.8. The maximum absolute atomic E-state index is 12.4. The molecular weight excluding hydrogens is 388 g/mol. The summed E-state index contributed by atoms with van der Waals surface area (Å²) in [5, 5.41) is 0. The Kier molecular flexibility index (Phi) is 6.63. The van der Waals surface area contributed by atoms with E-state index < -0.39 is 20.0 Å². The van der Waals surface area contributed by atoms with Crippen molar-refractivity contribution >= 4 is 20.0 Å². The summed E-state index contributed by atoms with van der Waals surface area (Å²) >= 11 is 0. The van der Waals surface area contributed by atoms with Crippen LogP contribution < -0.4 is 9.46 Å². The van der Waals surface area contributed by atoms with Crippen LogP contribution in [0.5, 0.6) is 5.75 Å². The molecule has 0 saturated carbocycles. The summed E-state index contributed by atoms with van der Waals surface area (Å²) in [5.41, 5.74) is 1.54. The minimum atomic E-state index is -3.62. The summed E-state index contributed by atoms with van der Waals surface area (Å²) in [6, 6.07) is 11.2. The number of rotatable bonds is 8. The Morgan fingerprint density at radius 3 is 2.19 bits per heavy atom. The van der Waals surface area contributed by atoms with Gasteiger partial charge in [0.1, 0.15) is 12.4 Å². The van der Waals surface area contributed by atoms with Gasteiger partial charge in [-0.05, 0) is 55.3 Å². The van der Waals surface area contributed by atoms with E-state index in [9.17, 15) is 16.8 Å². The first-order chi connectivity index (χ1) is 12.5. The largest absolute Gasteiger partial charge is 0.492 e. The molecular formula is C18H24N2O5S2. The number of ether oxygens (including phenoxy) is 1. The van der Waals surface area contributed by atoms with Gasteiger partial charge in [0, 0.05) is 20.6 Å². The second-order valence-electron chi connectivity index (χ2n) is 6.27. The van der Waals surface area contributed by atoms with Gasteiger partial charge in [-0.3, -0.25) is 0 Å². The lowest BCUT2D eigenvalue weighted by Gasteiger charge is -2.13. The summed E-state index contributed by atoms with van der Waals surface area (Å²) in [7, 11) is -4.19. The van der Waals surface area contributed by atoms with E-state index >= 15 is 0 Å². The van der Waals surface area contributed by atoms with Crippen molar-refractivity contribution in [1.29, 1.82) is 0 Å². The van der Waals surface area contributed by atoms with Crippen LogP contribution in [0.1, 0.15) is 11.1 Å². The molecule has 7 nitrogen and oxygen atoms in total. The van der Waals surface area contributed by atoms with Gasteiger partial charge >= 0.3 is 0 Å². The predicted molar refractivity (Wildman–Crippen MR) is 104 cm³/mol. The second kappa shape index (κ2) is 8.39. The molecule has 0 aliphatic carbocycles. The number of hydrogen-bond donors (Lipinski definition) is 1. The molecule has 0 atom stereocenters. The third-order valence-electron chi connectivity index (χ3n) is 3.90. The molecule has 1 N–H and O–H groups in total. The van der Waals surface area contributed by atoms with E-state index in [0.29, 0.717) is 11.3 Å². The molecule has 2 aromatic carbocycles. The summed E-state index contributed by atoms with van der Waals surface area (Å²) in [6.45, 7) is 3.78. The van der Waals surface area contributed by atoms with Crippen molar-refractivity contribution in [3.8, 4) is 5.75 Å². The lowest BCUT2D eigenvalue weighted by atomic mass is 10.2. The molecule has 0 bridgehead atoms. The van der Waals surface area contributed by atoms with Crippen LogP contribution in [0.3, 0.4) is 0 Å². The van der Waals surface area contributed by atoms with Gasteiger partial charge in [-0.1, -0.05) is 12.1 Å². The Hall–Kier alpha value is -1.94. The molecule has 0 radical (unpaired) electrons. The van der Waals surface area contributed by atoms with Crippen LogP contribution in [0.25, 0.3) is 0 Å². The van der Waals surface area contributed by atoms with Gasteiger partial charge in [-0.25, -0.2) is 25.9 Å². The van der Waals surface area contributed by atoms with Crippen LogP contribution in [0.2, 0.25) is 0 Å². The number of benzene rings is 2. The van der Waals surface area contributed by atoms with Gasteiger partial charge in [0.25, 0.3) is 0 Å². The fourth-order valence-corrected chi connectivity index (χ4v) is 4.58. The normalized spacial score (nSPS) is 12.3. The van der Waals surface area contributed by atoms with Gasteiger partial charge in [-0.15, -0.1) is 0 Å². The highest BCUT2D eigenvalue weighted by molar-refractivity contribution is 7.89. The first-order valence-electron chi connectivity index (χ1n) is 8.26. The summed E-state index contributed by atoms with van der Waals surface area (Å²) in [5.74, 6) is 0.457. The molecule has 2 rings (SSSR count). The molecule has 0 fully saturated rings. The summed E-state index contributed by atoms with van der Waals surface area (Å²) in [6.07, 6.45) is 0. The molecule has 0 heterocycles. The molecule has 0 saturated heterocycles. The Morgan fingerprint density at radius 1 is 0.963 bits per heavy atom. The molecule has 27 heavy (non-hydrogen) atoms. The maximum Gasteiger partial charge on any atom is 0.242 e. The molecule has 0 amide bonds. The lowest BCUT2D eigenvalue weighted by molar-refractivity contribution is 0.322. The van der Waals surface area contributed by atoms with Gasteiger partial charge < -0.3 is 4.74 Å². The Morgan fingerprint density at radius 2 is 1.59 bits per heavy atom. The zero-order chi connectivity index (χ0) is 20.2. The second-order valence-corrected chi connectivity index (χ2v) is 10.2. The van der Waals surface area contributed by atoms with E-state index in [2.05, 4.69) is 4.72 Å². The fourth-order valence-electron chi connectivity index (χ4n) is 2.34. The van der Waals surface area contributed by atoms with Gasteiger partial charge in [0.15, 0.2) is 0 Å². The van der Waals surface area contributed by atoms with Gasteiger partial charge in [0.2, 0.25) is 20.0 Å². The SMILES string of the molecule is Cc1ccc(C)c(S(=O)(=O)NCCOc2ccc(S(=O)(=O)N(C)C)cc2)c1. The lowest BCUT2D eigenvalue weighted by Crippen LogP contribution is -2.28. The van der Waals surface area contributed by atoms with E-state index in [1.54, 1.807) is 19.1 Å². The first kappa shape index (κ1) is 21.4. The van der Waals surface area contributed by atoms with Crippen LogP contribution in [-0.4, -0.2) is 48.4 Å². The Labute approximate surface area is 161 Å². The van der Waals surface area contributed by atoms with Gasteiger partial charge in [-0.2, -0.15) is 0 Å². The highest BCUT2D eigenvalue weighted by Crippen LogP contribution is 2.18. The standard InChI is InChI=1S/C18H24N2O5S2/c1-14-5-6-15(2)18(13-14)26(21,22)19-11-12-25-16-7-9-17(10-8-16)27(23,24)20(3)4/h5-10,13,19H,11-12H2,1-4H3. The van der Waals surface area contributed by atoms with Crippen molar-refractivity contribution in [3.05, 3.63) is 53.6 Å². The Bertz CT molecular complexity index is 999. The van der Waals surface area contributed by atoms with Crippen molar-refractivity contribution in [2.45, 2.75) is 23.6 Å². The molecule has 148 valence electrons. The van der Waals surface area contributed by atoms with Gasteiger partial charge in [0.05, 0.1) is 9.79 Å². The number of sulfonamides is 2. The molecule has 2 aromatic rings. The molecule has 0 aliphatic rings. The van der Waals surface area contributed by atoms with Crippen LogP contribution in [0, 0.1) is 13.8 Å². The third kappa shape index (κ3) is 5.29. The van der Waals surface area contributed by atoms with E-state index in [0.717, 1.165) is 9.87 Å². The first-order valence-corrected chi connectivity index (χ1v) is 11.2. The summed E-state index contributed by atoms with van der Waals surface area (Å²) < 4.78 is 57.9. The van der Waals surface area contributed by atoms with Crippen LogP contribution in [0.4, 0.5) is 0 Å². The third-order valence-corrected chi connectivity index (χ3v) is 7.33. The van der Waals surface area contributed by atoms with E-state index in [1.165, 1.54) is 38.4 Å². The quantitative estimate of drug-likeness (QED) is 0.669. The van der Waals surface area contributed by atoms with Crippen molar-refractivity contribution in [3.63, 3.8) is 0 Å². The average molecular weight is 413 g/mol. The average Bonchev–Trinajstić information content (AvgIpc) is 2.61. The maximum atomic E-state index is 12.4. The van der Waals surface area contributed by atoms with Crippen LogP contribution in [-0.2, 0) is 20.0 Å². The monoisotopic (exact) mass is 412 g/mol. The number of nitrogens with one attached hydrogen (secondary N) is 1. The predicted octanol–water partition coefficient (Wildman–Crippen LogP) is 1.91. The van der Waals surface area contributed by atoms with E-state index in [-0.39, 0.29) is 22.9 Å². The van der Waals surface area contributed by atoms with Crippen molar-refractivity contribution in [2.24, 2.45) is 0 Å². The minimum Gasteiger partial charge on any atom is -0.492 e. The molecule has 0 aliphatic heterocycles. The molecule has 9 heteroatoms. The molecule has 0 unspecified atom stereocenters. The van der Waals surface area contributed by atoms with Crippen molar-refractivity contribution in [1.82, 2.24) is 9.03 Å². The molecule has 0 spiro atoms. The number of nitrogens with zero attached hydrogens (tertiary/aromatic N) is 1. The summed E-state index contributed by atoms with van der Waals surface area (Å²) in [4.78, 5) is 0.413. The molecule has 0 aromatic heterocycles. The number of hydrogen-bond acceptors (Lipinski definition) is 5. The van der Waals surface area contributed by atoms with Crippen molar-refractivity contribution < 1.29 is 21.6 Å². The van der Waals surface area contributed by atoms with E-state index in [4.69, 9.17) is 4.74 Å². The Balaban J connectivity index is 1.94.